The van der Waals surface area contributed by atoms with Crippen LogP contribution in [0.3, 0.4) is 0 Å². The first kappa shape index (κ1) is 20.5. The molecule has 0 spiro atoms. The fourth-order valence-electron chi connectivity index (χ4n) is 3.25. The highest BCUT2D eigenvalue weighted by molar-refractivity contribution is 9.10. The van der Waals surface area contributed by atoms with E-state index in [9.17, 15) is 9.59 Å². The lowest BCUT2D eigenvalue weighted by atomic mass is 10.1. The third-order valence-corrected chi connectivity index (χ3v) is 6.50. The van der Waals surface area contributed by atoms with Crippen LogP contribution in [0.1, 0.15) is 21.3 Å². The number of methoxy groups -OCH3 is 1. The lowest BCUT2D eigenvalue weighted by Crippen LogP contribution is -2.27. The van der Waals surface area contributed by atoms with E-state index in [2.05, 4.69) is 21.2 Å². The number of carbonyl (C=O) groups excluding carboxylic acids is 2. The van der Waals surface area contributed by atoms with Crippen LogP contribution in [0.4, 0.5) is 11.4 Å². The predicted molar refractivity (Wildman–Crippen MR) is 124 cm³/mol. The number of nitrogens with zero attached hydrogens (tertiary/aromatic N) is 1. The van der Waals surface area contributed by atoms with E-state index in [0.29, 0.717) is 22.8 Å². The number of halogens is 1. The van der Waals surface area contributed by atoms with E-state index in [0.717, 1.165) is 15.7 Å². The van der Waals surface area contributed by atoms with E-state index >= 15 is 0 Å². The van der Waals surface area contributed by atoms with Gasteiger partial charge in [-0.3, -0.25) is 14.5 Å². The Morgan fingerprint density at radius 3 is 2.53 bits per heavy atom. The maximum Gasteiger partial charge on any atom is 0.255 e. The van der Waals surface area contributed by atoms with Crippen LogP contribution >= 0.6 is 27.7 Å². The Bertz CT molecular complexity index is 1070. The number of benzene rings is 3. The third-order valence-electron chi connectivity index (χ3n) is 4.76. The summed E-state index contributed by atoms with van der Waals surface area (Å²) in [6.07, 6.45) is 0. The molecule has 30 heavy (non-hydrogen) atoms. The molecule has 0 aromatic heterocycles. The highest BCUT2D eigenvalue weighted by Gasteiger charge is 2.34. The van der Waals surface area contributed by atoms with Gasteiger partial charge >= 0.3 is 0 Å². The molecule has 3 aromatic rings. The van der Waals surface area contributed by atoms with Crippen molar-refractivity contribution in [3.05, 3.63) is 88.4 Å². The summed E-state index contributed by atoms with van der Waals surface area (Å²) < 4.78 is 6.22. The van der Waals surface area contributed by atoms with E-state index in [1.54, 1.807) is 35.9 Å². The first-order valence-electron chi connectivity index (χ1n) is 9.30. The minimum Gasteiger partial charge on any atom is -0.497 e. The van der Waals surface area contributed by atoms with Gasteiger partial charge in [0, 0.05) is 27.5 Å². The van der Waals surface area contributed by atoms with Gasteiger partial charge in [-0.1, -0.05) is 34.1 Å². The van der Waals surface area contributed by atoms with Crippen molar-refractivity contribution in [3.63, 3.8) is 0 Å². The first-order valence-corrected chi connectivity index (χ1v) is 11.1. The molecule has 1 atom stereocenters. The van der Waals surface area contributed by atoms with Crippen LogP contribution in [0, 0.1) is 0 Å². The van der Waals surface area contributed by atoms with E-state index in [4.69, 9.17) is 4.74 Å². The lowest BCUT2D eigenvalue weighted by molar-refractivity contribution is -0.115. The number of carbonyl (C=O) groups is 2. The monoisotopic (exact) mass is 482 g/mol. The number of rotatable bonds is 5. The van der Waals surface area contributed by atoms with Crippen molar-refractivity contribution in [2.24, 2.45) is 0 Å². The average Bonchev–Trinajstić information content (AvgIpc) is 3.16. The van der Waals surface area contributed by atoms with Crippen molar-refractivity contribution in [1.29, 1.82) is 0 Å². The Morgan fingerprint density at radius 2 is 1.83 bits per heavy atom. The van der Waals surface area contributed by atoms with Crippen LogP contribution in [0.15, 0.2) is 77.3 Å². The Labute approximate surface area is 187 Å². The van der Waals surface area contributed by atoms with E-state index < -0.39 is 0 Å². The zero-order valence-electron chi connectivity index (χ0n) is 16.2. The molecule has 0 aliphatic carbocycles. The second-order valence-electron chi connectivity index (χ2n) is 6.71. The maximum atomic E-state index is 12.6. The number of ether oxygens (including phenoxy) is 1. The Kier molecular flexibility index (Phi) is 6.11. The first-order chi connectivity index (χ1) is 14.5. The van der Waals surface area contributed by atoms with Gasteiger partial charge in [0.15, 0.2) is 0 Å². The van der Waals surface area contributed by atoms with Crippen molar-refractivity contribution in [1.82, 2.24) is 0 Å². The number of nitrogens with one attached hydrogen (secondary N) is 1. The van der Waals surface area contributed by atoms with E-state index in [-0.39, 0.29) is 17.2 Å². The second kappa shape index (κ2) is 8.93. The molecule has 0 radical (unpaired) electrons. The average molecular weight is 483 g/mol. The molecule has 1 saturated heterocycles. The minimum absolute atomic E-state index is 0.0610. The highest BCUT2D eigenvalue weighted by atomic mass is 79.9. The Morgan fingerprint density at radius 1 is 1.10 bits per heavy atom. The summed E-state index contributed by atoms with van der Waals surface area (Å²) in [6.45, 7) is 0. The SMILES string of the molecule is COc1cccc(N2C(=O)CS[C@H]2c2ccc(NC(=O)c3ccc(Br)cc3)cc2)c1. The number of hydrogen-bond acceptors (Lipinski definition) is 4. The van der Waals surface area contributed by atoms with Gasteiger partial charge in [0.25, 0.3) is 5.91 Å². The molecule has 1 fully saturated rings. The van der Waals surface area contributed by atoms with Crippen LogP contribution in [-0.2, 0) is 4.79 Å². The van der Waals surface area contributed by atoms with Gasteiger partial charge in [-0.05, 0) is 54.1 Å². The molecule has 3 aromatic carbocycles. The van der Waals surface area contributed by atoms with E-state index in [1.165, 1.54) is 0 Å². The van der Waals surface area contributed by atoms with Crippen LogP contribution in [0.25, 0.3) is 0 Å². The van der Waals surface area contributed by atoms with Gasteiger partial charge in [0.05, 0.1) is 12.9 Å². The molecular weight excluding hydrogens is 464 g/mol. The zero-order valence-corrected chi connectivity index (χ0v) is 18.6. The van der Waals surface area contributed by atoms with Gasteiger partial charge in [0.2, 0.25) is 5.91 Å². The van der Waals surface area contributed by atoms with Crippen LogP contribution in [0.5, 0.6) is 5.75 Å². The van der Waals surface area contributed by atoms with Gasteiger partial charge in [-0.2, -0.15) is 0 Å². The maximum absolute atomic E-state index is 12.6. The minimum atomic E-state index is -0.168. The van der Waals surface area contributed by atoms with Crippen LogP contribution < -0.4 is 15.0 Å². The standard InChI is InChI=1S/C23H19BrN2O3S/c1-29-20-4-2-3-19(13-20)26-21(27)14-30-23(26)16-7-11-18(12-8-16)25-22(28)15-5-9-17(24)10-6-15/h2-13,23H,14H2,1H3,(H,25,28)/t23-/m0/s1. The van der Waals surface area contributed by atoms with E-state index in [1.807, 2.05) is 60.7 Å². The molecule has 152 valence electrons. The zero-order chi connectivity index (χ0) is 21.1. The smallest absolute Gasteiger partial charge is 0.255 e. The van der Waals surface area contributed by atoms with Gasteiger partial charge in [-0.25, -0.2) is 0 Å². The van der Waals surface area contributed by atoms with Gasteiger partial charge in [0.1, 0.15) is 11.1 Å². The fraction of sp³-hybridized carbons (Fsp3) is 0.130. The van der Waals surface area contributed by atoms with Crippen molar-refractivity contribution in [2.75, 3.05) is 23.1 Å². The fourth-order valence-corrected chi connectivity index (χ4v) is 4.69. The molecular formula is C23H19BrN2O3S. The third kappa shape index (κ3) is 4.37. The molecule has 5 nitrogen and oxygen atoms in total. The Balaban J connectivity index is 1.51. The molecule has 0 saturated carbocycles. The summed E-state index contributed by atoms with van der Waals surface area (Å²) in [5, 5.41) is 2.78. The quantitative estimate of drug-likeness (QED) is 0.522. The largest absolute Gasteiger partial charge is 0.497 e. The predicted octanol–water partition coefficient (Wildman–Crippen LogP) is 5.49. The summed E-state index contributed by atoms with van der Waals surface area (Å²) in [5.41, 5.74) is 3.09. The van der Waals surface area contributed by atoms with Crippen LogP contribution in [-0.4, -0.2) is 24.7 Å². The topological polar surface area (TPSA) is 58.6 Å². The van der Waals surface area contributed by atoms with Crippen LogP contribution in [0.2, 0.25) is 0 Å². The molecule has 2 amide bonds. The molecule has 1 N–H and O–H groups in total. The molecule has 0 unspecified atom stereocenters. The molecule has 7 heteroatoms. The summed E-state index contributed by atoms with van der Waals surface area (Å²) in [7, 11) is 1.61. The van der Waals surface area contributed by atoms with Gasteiger partial charge in [-0.15, -0.1) is 11.8 Å². The molecule has 0 bridgehead atoms. The molecule has 1 heterocycles. The molecule has 1 aliphatic heterocycles. The second-order valence-corrected chi connectivity index (χ2v) is 8.70. The number of anilines is 2. The molecule has 1 aliphatic rings. The summed E-state index contributed by atoms with van der Waals surface area (Å²) in [4.78, 5) is 26.8. The summed E-state index contributed by atoms with van der Waals surface area (Å²) >= 11 is 4.95. The normalized spacial score (nSPS) is 15.9. The number of thioether (sulfide) groups is 1. The Hall–Kier alpha value is -2.77. The summed E-state index contributed by atoms with van der Waals surface area (Å²) in [6, 6.07) is 22.3. The number of hydrogen-bond donors (Lipinski definition) is 1. The van der Waals surface area contributed by atoms with Crippen molar-refractivity contribution >= 4 is 50.9 Å². The summed E-state index contributed by atoms with van der Waals surface area (Å²) in [5.74, 6) is 1.02. The number of amides is 2. The lowest BCUT2D eigenvalue weighted by Gasteiger charge is -2.25. The van der Waals surface area contributed by atoms with Crippen molar-refractivity contribution in [2.45, 2.75) is 5.37 Å². The highest BCUT2D eigenvalue weighted by Crippen LogP contribution is 2.42. The molecule has 4 rings (SSSR count). The van der Waals surface area contributed by atoms with Gasteiger partial charge < -0.3 is 10.1 Å². The van der Waals surface area contributed by atoms with Crippen molar-refractivity contribution < 1.29 is 14.3 Å². The van der Waals surface area contributed by atoms with Crippen molar-refractivity contribution in [3.8, 4) is 5.75 Å².